The number of rotatable bonds is 4. The normalized spacial score (nSPS) is 15.6. The lowest BCUT2D eigenvalue weighted by molar-refractivity contribution is 0.0528. The van der Waals surface area contributed by atoms with Crippen LogP contribution in [0.3, 0.4) is 0 Å². The van der Waals surface area contributed by atoms with Gasteiger partial charge in [-0.05, 0) is 27.3 Å². The lowest BCUT2D eigenvalue weighted by Gasteiger charge is -2.19. The van der Waals surface area contributed by atoms with Crippen molar-refractivity contribution < 1.29 is 12.3 Å². The molecule has 0 aliphatic carbocycles. The van der Waals surface area contributed by atoms with Crippen molar-refractivity contribution in [3.05, 3.63) is 0 Å². The van der Waals surface area contributed by atoms with E-state index in [4.69, 9.17) is 7.48 Å². The Bertz CT molecular complexity index is 195. The van der Waals surface area contributed by atoms with Gasteiger partial charge in [-0.25, -0.2) is 4.79 Å². The van der Waals surface area contributed by atoms with Crippen molar-refractivity contribution in [3.63, 3.8) is 0 Å². The number of carbonyl (C=O) groups is 1. The highest BCUT2D eigenvalue weighted by Crippen LogP contribution is 2.05. The van der Waals surface area contributed by atoms with E-state index in [2.05, 4.69) is 10.6 Å². The van der Waals surface area contributed by atoms with Gasteiger partial charge in [0.15, 0.2) is 0 Å². The molecule has 4 nitrogen and oxygen atoms in total. The predicted octanol–water partition coefficient (Wildman–Crippen LogP) is 1.12. The molecule has 1 atom stereocenters. The number of likely N-dealkylation sites (N-methyl/N-ethyl adjacent to an activating group) is 1. The minimum atomic E-state index is -0.592. The van der Waals surface area contributed by atoms with Gasteiger partial charge in [-0.15, -0.1) is 0 Å². The first-order valence-corrected chi connectivity index (χ1v) is 4.27. The highest BCUT2D eigenvalue weighted by atomic mass is 16.6. The van der Waals surface area contributed by atoms with E-state index in [1.54, 1.807) is 20.8 Å². The van der Waals surface area contributed by atoms with Gasteiger partial charge in [0.2, 0.25) is 0 Å². The lowest BCUT2D eigenvalue weighted by Crippen LogP contribution is -2.36. The first kappa shape index (κ1) is 8.81. The number of carbonyl (C=O) groups excluding carboxylic acids is 1. The zero-order chi connectivity index (χ0) is 11.9. The average Bonchev–Trinajstić information content (AvgIpc) is 2.09. The summed E-state index contributed by atoms with van der Waals surface area (Å²) in [5.41, 5.74) is -0.489. The van der Waals surface area contributed by atoms with Gasteiger partial charge in [-0.3, -0.25) is 0 Å². The molecule has 0 bridgehead atoms. The second-order valence-corrected chi connectivity index (χ2v) is 3.59. The average molecular weight is 190 g/mol. The molecule has 78 valence electrons. The standard InChI is InChI=1S/C9H20N2O2/c1-5-10-6-7-11-8(12)13-9(2,3)4/h10H,5-7H2,1-4H3,(H,11,12)/i1D,5D. The molecule has 0 saturated carbocycles. The van der Waals surface area contributed by atoms with E-state index < -0.39 is 18.2 Å². The summed E-state index contributed by atoms with van der Waals surface area (Å²) in [5.74, 6) is 0. The Morgan fingerprint density at radius 2 is 2.23 bits per heavy atom. The Labute approximate surface area is 82.8 Å². The molecule has 1 amide bonds. The Hall–Kier alpha value is -0.770. The van der Waals surface area contributed by atoms with E-state index in [0.717, 1.165) is 0 Å². The predicted molar refractivity (Wildman–Crippen MR) is 52.8 cm³/mol. The zero-order valence-corrected chi connectivity index (χ0v) is 8.52. The maximum Gasteiger partial charge on any atom is 0.407 e. The zero-order valence-electron chi connectivity index (χ0n) is 10.5. The summed E-state index contributed by atoms with van der Waals surface area (Å²) >= 11 is 0. The molecule has 4 heteroatoms. The summed E-state index contributed by atoms with van der Waals surface area (Å²) in [5, 5.41) is 5.31. The highest BCUT2D eigenvalue weighted by molar-refractivity contribution is 5.67. The van der Waals surface area contributed by atoms with Crippen molar-refractivity contribution in [2.75, 3.05) is 19.6 Å². The third-order valence-corrected chi connectivity index (χ3v) is 1.08. The second-order valence-electron chi connectivity index (χ2n) is 3.59. The summed E-state index contributed by atoms with van der Waals surface area (Å²) in [6, 6.07) is 0. The number of amides is 1. The van der Waals surface area contributed by atoms with Crippen LogP contribution < -0.4 is 10.6 Å². The van der Waals surface area contributed by atoms with Crippen LogP contribution in [-0.4, -0.2) is 31.3 Å². The molecule has 1 unspecified atom stereocenters. The molecule has 0 aromatic heterocycles. The maximum atomic E-state index is 11.1. The van der Waals surface area contributed by atoms with Crippen molar-refractivity contribution in [2.45, 2.75) is 33.3 Å². The van der Waals surface area contributed by atoms with Crippen LogP contribution in [0, 0.1) is 0 Å². The number of ether oxygens (including phenoxy) is 1. The Kier molecular flexibility index (Phi) is 3.93. The van der Waals surface area contributed by atoms with Crippen LogP contribution in [0.15, 0.2) is 0 Å². The van der Waals surface area contributed by atoms with Gasteiger partial charge in [0.1, 0.15) is 5.60 Å². The number of alkyl carbamates (subject to hydrolysis) is 1. The van der Waals surface area contributed by atoms with Crippen molar-refractivity contribution >= 4 is 6.09 Å². The first-order valence-electron chi connectivity index (χ1n) is 5.55. The molecule has 0 radical (unpaired) electrons. The summed E-state index contributed by atoms with van der Waals surface area (Å²) in [6.07, 6.45) is -0.461. The minimum absolute atomic E-state index is 0.00639. The molecule has 0 fully saturated rings. The van der Waals surface area contributed by atoms with Crippen molar-refractivity contribution in [2.24, 2.45) is 0 Å². The van der Waals surface area contributed by atoms with E-state index in [9.17, 15) is 4.79 Å². The van der Waals surface area contributed by atoms with Crippen molar-refractivity contribution in [3.8, 4) is 0 Å². The van der Waals surface area contributed by atoms with Crippen LogP contribution in [0.1, 0.15) is 30.4 Å². The van der Waals surface area contributed by atoms with E-state index in [-0.39, 0.29) is 6.90 Å². The molecule has 0 aliphatic heterocycles. The van der Waals surface area contributed by atoms with Crippen LogP contribution in [0.2, 0.25) is 0 Å². The summed E-state index contributed by atoms with van der Waals surface area (Å²) < 4.78 is 19.1. The molecule has 0 spiro atoms. The summed E-state index contributed by atoms with van der Waals surface area (Å²) in [6.45, 7) is 5.66. The Morgan fingerprint density at radius 3 is 2.77 bits per heavy atom. The molecular weight excluding hydrogens is 168 g/mol. The Morgan fingerprint density at radius 1 is 1.54 bits per heavy atom. The molecule has 0 aliphatic rings. The topological polar surface area (TPSA) is 50.4 Å². The monoisotopic (exact) mass is 190 g/mol. The molecule has 0 rings (SSSR count). The SMILES string of the molecule is [2H]CC([2H])NCCNC(=O)OC(C)(C)C. The minimum Gasteiger partial charge on any atom is -0.444 e. The number of hydrogen-bond donors (Lipinski definition) is 2. The summed E-state index contributed by atoms with van der Waals surface area (Å²) in [7, 11) is 0. The molecule has 2 N–H and O–H groups in total. The third kappa shape index (κ3) is 9.14. The Balaban J connectivity index is 3.48. The van der Waals surface area contributed by atoms with Gasteiger partial charge in [0.05, 0.1) is 0 Å². The quantitative estimate of drug-likeness (QED) is 0.653. The van der Waals surface area contributed by atoms with E-state index in [1.165, 1.54) is 0 Å². The van der Waals surface area contributed by atoms with Gasteiger partial charge >= 0.3 is 6.09 Å². The van der Waals surface area contributed by atoms with Gasteiger partial charge in [-0.1, -0.05) is 6.90 Å². The van der Waals surface area contributed by atoms with Crippen molar-refractivity contribution in [1.82, 2.24) is 10.6 Å². The second kappa shape index (κ2) is 5.80. The van der Waals surface area contributed by atoms with Gasteiger partial charge < -0.3 is 15.4 Å². The van der Waals surface area contributed by atoms with E-state index in [1.807, 2.05) is 0 Å². The fourth-order valence-corrected chi connectivity index (χ4v) is 0.653. The smallest absolute Gasteiger partial charge is 0.407 e. The van der Waals surface area contributed by atoms with E-state index >= 15 is 0 Å². The largest absolute Gasteiger partial charge is 0.444 e. The van der Waals surface area contributed by atoms with Crippen LogP contribution in [-0.2, 0) is 4.74 Å². The van der Waals surface area contributed by atoms with Crippen molar-refractivity contribution in [1.29, 1.82) is 0 Å². The van der Waals surface area contributed by atoms with Crippen LogP contribution >= 0.6 is 0 Å². The maximum absolute atomic E-state index is 11.1. The van der Waals surface area contributed by atoms with Crippen LogP contribution in [0.25, 0.3) is 0 Å². The van der Waals surface area contributed by atoms with Crippen LogP contribution in [0.5, 0.6) is 0 Å². The lowest BCUT2D eigenvalue weighted by atomic mass is 10.2. The molecule has 0 heterocycles. The highest BCUT2D eigenvalue weighted by Gasteiger charge is 2.15. The molecular formula is C9H20N2O2. The summed E-state index contributed by atoms with van der Waals surface area (Å²) in [4.78, 5) is 11.1. The third-order valence-electron chi connectivity index (χ3n) is 1.08. The number of nitrogens with one attached hydrogen (secondary N) is 2. The van der Waals surface area contributed by atoms with Gasteiger partial charge in [0, 0.05) is 15.8 Å². The number of hydrogen-bond acceptors (Lipinski definition) is 3. The molecule has 13 heavy (non-hydrogen) atoms. The van der Waals surface area contributed by atoms with Gasteiger partial charge in [-0.2, -0.15) is 0 Å². The molecule has 0 aromatic rings. The first-order chi connectivity index (χ1) is 6.85. The molecule has 0 aromatic carbocycles. The van der Waals surface area contributed by atoms with Gasteiger partial charge in [0.25, 0.3) is 0 Å². The van der Waals surface area contributed by atoms with Crippen LogP contribution in [0.4, 0.5) is 4.79 Å². The fourth-order valence-electron chi connectivity index (χ4n) is 0.653. The molecule has 0 saturated heterocycles. The fraction of sp³-hybridized carbons (Fsp3) is 0.889. The van der Waals surface area contributed by atoms with E-state index in [0.29, 0.717) is 13.1 Å².